The van der Waals surface area contributed by atoms with Gasteiger partial charge in [0.2, 0.25) is 0 Å². The normalized spacial score (nSPS) is 16.5. The molecule has 2 aromatic heterocycles. The lowest BCUT2D eigenvalue weighted by Crippen LogP contribution is -2.13. The Labute approximate surface area is 135 Å². The van der Waals surface area contributed by atoms with E-state index in [4.69, 9.17) is 4.42 Å². The Morgan fingerprint density at radius 1 is 1.46 bits per heavy atom. The van der Waals surface area contributed by atoms with E-state index in [2.05, 4.69) is 15.3 Å². The van der Waals surface area contributed by atoms with Crippen molar-refractivity contribution in [2.45, 2.75) is 6.92 Å². The Bertz CT molecular complexity index is 982. The number of hydrogen-bond donors (Lipinski definition) is 1. The van der Waals surface area contributed by atoms with Gasteiger partial charge in [-0.3, -0.25) is 15.2 Å². The van der Waals surface area contributed by atoms with Crippen molar-refractivity contribution in [3.8, 4) is 11.5 Å². The topological polar surface area (TPSA) is 135 Å². The smallest absolute Gasteiger partial charge is 0.399 e. The van der Waals surface area contributed by atoms with Gasteiger partial charge in [0, 0.05) is 11.8 Å². The molecule has 1 aliphatic heterocycles. The van der Waals surface area contributed by atoms with Crippen LogP contribution in [0.3, 0.4) is 0 Å². The summed E-state index contributed by atoms with van der Waals surface area (Å²) in [6, 6.07) is 2.68. The summed E-state index contributed by atoms with van der Waals surface area (Å²) in [7, 11) is -3.35. The zero-order valence-electron chi connectivity index (χ0n) is 12.3. The molecule has 3 rings (SSSR count). The number of H-pyrrole nitrogens is 1. The molecule has 3 heterocycles. The van der Waals surface area contributed by atoms with Crippen LogP contribution in [0.1, 0.15) is 12.5 Å². The molecule has 0 radical (unpaired) electrons. The SMILES string of the molecule is CC1=CS(=O)(=O)C=CN1N=Cc1cn[nH]c1-c1ccc([N+](=O)[O-])o1. The van der Waals surface area contributed by atoms with Gasteiger partial charge in [-0.2, -0.15) is 10.2 Å². The summed E-state index contributed by atoms with van der Waals surface area (Å²) in [5.41, 5.74) is 1.36. The van der Waals surface area contributed by atoms with Gasteiger partial charge in [-0.25, -0.2) is 13.4 Å². The van der Waals surface area contributed by atoms with E-state index in [9.17, 15) is 18.5 Å². The standard InChI is InChI=1S/C13H11N5O5S/c1-9-8-24(21,22)5-4-17(9)15-7-10-6-14-16-13(10)11-2-3-12(23-11)18(19)20/h2-8H,1H3,(H,14,16). The van der Waals surface area contributed by atoms with Gasteiger partial charge in [0.05, 0.1) is 35.0 Å². The Morgan fingerprint density at radius 3 is 2.92 bits per heavy atom. The van der Waals surface area contributed by atoms with Crippen molar-refractivity contribution in [3.05, 3.63) is 56.7 Å². The monoisotopic (exact) mass is 349 g/mol. The third-order valence-corrected chi connectivity index (χ3v) is 4.27. The molecular formula is C13H11N5O5S. The van der Waals surface area contributed by atoms with Crippen LogP contribution in [0.5, 0.6) is 0 Å². The summed E-state index contributed by atoms with van der Waals surface area (Å²) < 4.78 is 27.9. The van der Waals surface area contributed by atoms with Gasteiger partial charge >= 0.3 is 5.88 Å². The summed E-state index contributed by atoms with van der Waals surface area (Å²) in [6.07, 6.45) is 4.22. The molecule has 0 fully saturated rings. The van der Waals surface area contributed by atoms with Crippen LogP contribution in [0.4, 0.5) is 5.88 Å². The first-order valence-corrected chi connectivity index (χ1v) is 8.19. The Kier molecular flexibility index (Phi) is 3.77. The molecule has 0 unspecified atom stereocenters. The molecule has 0 spiro atoms. The van der Waals surface area contributed by atoms with E-state index in [1.54, 1.807) is 6.92 Å². The number of aromatic amines is 1. The number of sulfone groups is 1. The van der Waals surface area contributed by atoms with Crippen molar-refractivity contribution in [1.82, 2.24) is 15.2 Å². The number of allylic oxidation sites excluding steroid dienone is 1. The van der Waals surface area contributed by atoms with E-state index in [-0.39, 0.29) is 11.6 Å². The highest BCUT2D eigenvalue weighted by atomic mass is 32.2. The first-order valence-electron chi connectivity index (χ1n) is 6.58. The van der Waals surface area contributed by atoms with Crippen LogP contribution < -0.4 is 0 Å². The van der Waals surface area contributed by atoms with E-state index < -0.39 is 14.8 Å². The van der Waals surface area contributed by atoms with Gasteiger partial charge in [-0.15, -0.1) is 0 Å². The van der Waals surface area contributed by atoms with Crippen LogP contribution in [0, 0.1) is 10.1 Å². The number of hydrazone groups is 1. The van der Waals surface area contributed by atoms with Crippen LogP contribution in [0.15, 0.2) is 50.6 Å². The van der Waals surface area contributed by atoms with Crippen LogP contribution >= 0.6 is 0 Å². The number of nitrogens with zero attached hydrogens (tertiary/aromatic N) is 4. The van der Waals surface area contributed by atoms with Crippen LogP contribution in [0.25, 0.3) is 11.5 Å². The van der Waals surface area contributed by atoms with Gasteiger partial charge in [0.1, 0.15) is 10.6 Å². The molecule has 1 aliphatic rings. The minimum absolute atomic E-state index is 0.240. The molecule has 24 heavy (non-hydrogen) atoms. The molecular weight excluding hydrogens is 338 g/mol. The minimum Gasteiger partial charge on any atom is -0.399 e. The third kappa shape index (κ3) is 3.10. The molecule has 1 N–H and O–H groups in total. The van der Waals surface area contributed by atoms with Crippen molar-refractivity contribution < 1.29 is 17.8 Å². The minimum atomic E-state index is -3.35. The quantitative estimate of drug-likeness (QED) is 0.506. The van der Waals surface area contributed by atoms with Crippen molar-refractivity contribution in [2.24, 2.45) is 5.10 Å². The lowest BCUT2D eigenvalue weighted by atomic mass is 10.2. The molecule has 11 heteroatoms. The van der Waals surface area contributed by atoms with Crippen LogP contribution in [-0.4, -0.2) is 34.8 Å². The number of furan rings is 1. The van der Waals surface area contributed by atoms with Crippen molar-refractivity contribution in [3.63, 3.8) is 0 Å². The maximum absolute atomic E-state index is 11.4. The highest BCUT2D eigenvalue weighted by molar-refractivity contribution is 7.97. The molecule has 0 aromatic carbocycles. The second kappa shape index (κ2) is 5.77. The predicted molar refractivity (Wildman–Crippen MR) is 84.2 cm³/mol. The average molecular weight is 349 g/mol. The summed E-state index contributed by atoms with van der Waals surface area (Å²) in [5, 5.41) is 24.9. The Balaban J connectivity index is 1.86. The van der Waals surface area contributed by atoms with Gasteiger partial charge < -0.3 is 4.42 Å². The molecule has 124 valence electrons. The van der Waals surface area contributed by atoms with Crippen LogP contribution in [0.2, 0.25) is 0 Å². The fourth-order valence-corrected chi connectivity index (χ4v) is 2.94. The van der Waals surface area contributed by atoms with Gasteiger partial charge in [0.25, 0.3) is 0 Å². The lowest BCUT2D eigenvalue weighted by Gasteiger charge is -2.17. The average Bonchev–Trinajstić information content (AvgIpc) is 3.14. The number of nitro groups is 1. The highest BCUT2D eigenvalue weighted by Crippen LogP contribution is 2.26. The van der Waals surface area contributed by atoms with Crippen LogP contribution in [-0.2, 0) is 9.84 Å². The molecule has 0 bridgehead atoms. The molecule has 0 saturated carbocycles. The fraction of sp³-hybridized carbons (Fsp3) is 0.0769. The maximum Gasteiger partial charge on any atom is 0.433 e. The summed E-state index contributed by atoms with van der Waals surface area (Å²) in [4.78, 5) is 10.0. The van der Waals surface area contributed by atoms with Crippen molar-refractivity contribution >= 4 is 21.9 Å². The Morgan fingerprint density at radius 2 is 2.25 bits per heavy atom. The number of aromatic nitrogens is 2. The molecule has 10 nitrogen and oxygen atoms in total. The predicted octanol–water partition coefficient (Wildman–Crippen LogP) is 1.97. The molecule has 0 amide bonds. The van der Waals surface area contributed by atoms with E-state index in [1.807, 2.05) is 0 Å². The lowest BCUT2D eigenvalue weighted by molar-refractivity contribution is -0.401. The zero-order chi connectivity index (χ0) is 17.3. The summed E-state index contributed by atoms with van der Waals surface area (Å²) >= 11 is 0. The number of nitrogens with one attached hydrogen (secondary N) is 1. The summed E-state index contributed by atoms with van der Waals surface area (Å²) in [6.45, 7) is 1.60. The Hall–Kier alpha value is -3.21. The zero-order valence-corrected chi connectivity index (χ0v) is 13.1. The fourth-order valence-electron chi connectivity index (χ4n) is 2.00. The first kappa shape index (κ1) is 15.7. The van der Waals surface area contributed by atoms with Gasteiger partial charge in [-0.1, -0.05) is 0 Å². The third-order valence-electron chi connectivity index (χ3n) is 3.10. The molecule has 0 saturated heterocycles. The second-order valence-corrected chi connectivity index (χ2v) is 6.50. The largest absolute Gasteiger partial charge is 0.433 e. The molecule has 0 aliphatic carbocycles. The maximum atomic E-state index is 11.4. The molecule has 2 aromatic rings. The van der Waals surface area contributed by atoms with Crippen molar-refractivity contribution in [2.75, 3.05) is 0 Å². The van der Waals surface area contributed by atoms with E-state index >= 15 is 0 Å². The van der Waals surface area contributed by atoms with E-state index in [0.717, 1.165) is 10.8 Å². The van der Waals surface area contributed by atoms with Gasteiger partial charge in [0.15, 0.2) is 15.6 Å². The number of rotatable bonds is 4. The molecule has 0 atom stereocenters. The second-order valence-electron chi connectivity index (χ2n) is 4.82. The summed E-state index contributed by atoms with van der Waals surface area (Å²) in [5.74, 6) is -0.143. The highest BCUT2D eigenvalue weighted by Gasteiger charge is 2.17. The first-order chi connectivity index (χ1) is 11.4. The number of hydrogen-bond acceptors (Lipinski definition) is 8. The van der Waals surface area contributed by atoms with E-state index in [0.29, 0.717) is 17.0 Å². The van der Waals surface area contributed by atoms with Crippen molar-refractivity contribution in [1.29, 1.82) is 0 Å². The van der Waals surface area contributed by atoms with E-state index in [1.165, 1.54) is 35.8 Å². The van der Waals surface area contributed by atoms with Gasteiger partial charge in [-0.05, 0) is 13.0 Å².